The van der Waals surface area contributed by atoms with E-state index in [-0.39, 0.29) is 5.41 Å². The Balaban J connectivity index is 2.70. The second-order valence-electron chi connectivity index (χ2n) is 6.10. The number of aromatic nitrogens is 2. The molecule has 0 bridgehead atoms. The molecular formula is C16H20N2O2. The van der Waals surface area contributed by atoms with Gasteiger partial charge in [-0.05, 0) is 24.1 Å². The topological polar surface area (TPSA) is 55.1 Å². The van der Waals surface area contributed by atoms with Crippen molar-refractivity contribution in [2.24, 2.45) is 7.05 Å². The van der Waals surface area contributed by atoms with Crippen molar-refractivity contribution in [2.75, 3.05) is 0 Å². The van der Waals surface area contributed by atoms with E-state index >= 15 is 0 Å². The third-order valence-electron chi connectivity index (χ3n) is 3.39. The maximum absolute atomic E-state index is 11.3. The van der Waals surface area contributed by atoms with Gasteiger partial charge in [-0.25, -0.2) is 4.79 Å². The SMILES string of the molecule is Cc1c(C(=O)O)cccc1-c1cn(C)nc1C(C)(C)C. The summed E-state index contributed by atoms with van der Waals surface area (Å²) in [6, 6.07) is 5.37. The molecule has 0 aliphatic heterocycles. The zero-order valence-corrected chi connectivity index (χ0v) is 12.6. The summed E-state index contributed by atoms with van der Waals surface area (Å²) in [6.07, 6.45) is 1.95. The molecule has 106 valence electrons. The van der Waals surface area contributed by atoms with Gasteiger partial charge in [0.2, 0.25) is 0 Å². The predicted octanol–water partition coefficient (Wildman–Crippen LogP) is 3.39. The second-order valence-corrected chi connectivity index (χ2v) is 6.10. The first-order valence-electron chi connectivity index (χ1n) is 6.59. The average molecular weight is 272 g/mol. The monoisotopic (exact) mass is 272 g/mol. The van der Waals surface area contributed by atoms with E-state index in [0.29, 0.717) is 5.56 Å². The molecule has 20 heavy (non-hydrogen) atoms. The highest BCUT2D eigenvalue weighted by Gasteiger charge is 2.24. The lowest BCUT2D eigenvalue weighted by molar-refractivity contribution is 0.0696. The third kappa shape index (κ3) is 2.46. The summed E-state index contributed by atoms with van der Waals surface area (Å²) in [5.74, 6) is -0.898. The fourth-order valence-corrected chi connectivity index (χ4v) is 2.40. The smallest absolute Gasteiger partial charge is 0.335 e. The summed E-state index contributed by atoms with van der Waals surface area (Å²) in [7, 11) is 1.88. The number of benzene rings is 1. The van der Waals surface area contributed by atoms with Crippen molar-refractivity contribution in [3.05, 3.63) is 41.2 Å². The van der Waals surface area contributed by atoms with Crippen molar-refractivity contribution in [3.63, 3.8) is 0 Å². The van der Waals surface area contributed by atoms with Crippen LogP contribution in [0.4, 0.5) is 0 Å². The first-order chi connectivity index (χ1) is 9.21. The van der Waals surface area contributed by atoms with Gasteiger partial charge in [0, 0.05) is 24.2 Å². The number of carboxylic acids is 1. The largest absolute Gasteiger partial charge is 0.478 e. The van der Waals surface area contributed by atoms with E-state index in [1.807, 2.05) is 26.2 Å². The summed E-state index contributed by atoms with van der Waals surface area (Å²) >= 11 is 0. The molecule has 0 aliphatic carbocycles. The Morgan fingerprint density at radius 2 is 1.90 bits per heavy atom. The van der Waals surface area contributed by atoms with Gasteiger partial charge in [-0.15, -0.1) is 0 Å². The Kier molecular flexibility index (Phi) is 3.42. The Morgan fingerprint density at radius 1 is 1.25 bits per heavy atom. The van der Waals surface area contributed by atoms with Crippen molar-refractivity contribution in [3.8, 4) is 11.1 Å². The molecule has 2 rings (SSSR count). The number of carbonyl (C=O) groups is 1. The van der Waals surface area contributed by atoms with Gasteiger partial charge in [0.25, 0.3) is 0 Å². The number of aromatic carboxylic acids is 1. The van der Waals surface area contributed by atoms with Crippen molar-refractivity contribution in [1.82, 2.24) is 9.78 Å². The van der Waals surface area contributed by atoms with Crippen LogP contribution in [0, 0.1) is 6.92 Å². The fourth-order valence-electron chi connectivity index (χ4n) is 2.40. The van der Waals surface area contributed by atoms with E-state index in [1.165, 1.54) is 0 Å². The third-order valence-corrected chi connectivity index (χ3v) is 3.39. The lowest BCUT2D eigenvalue weighted by Crippen LogP contribution is -2.14. The van der Waals surface area contributed by atoms with E-state index < -0.39 is 5.97 Å². The minimum Gasteiger partial charge on any atom is -0.478 e. The van der Waals surface area contributed by atoms with E-state index in [9.17, 15) is 9.90 Å². The molecule has 0 saturated carbocycles. The van der Waals surface area contributed by atoms with Crippen LogP contribution in [0.25, 0.3) is 11.1 Å². The number of hydrogen-bond donors (Lipinski definition) is 1. The van der Waals surface area contributed by atoms with Crippen LogP contribution in [0.1, 0.15) is 42.4 Å². The van der Waals surface area contributed by atoms with Crippen LogP contribution in [0.3, 0.4) is 0 Å². The lowest BCUT2D eigenvalue weighted by Gasteiger charge is -2.18. The molecular weight excluding hydrogens is 252 g/mol. The maximum atomic E-state index is 11.3. The molecule has 0 amide bonds. The Hall–Kier alpha value is -2.10. The van der Waals surface area contributed by atoms with Crippen molar-refractivity contribution in [1.29, 1.82) is 0 Å². The van der Waals surface area contributed by atoms with Gasteiger partial charge in [0.1, 0.15) is 0 Å². The highest BCUT2D eigenvalue weighted by atomic mass is 16.4. The van der Waals surface area contributed by atoms with Crippen molar-refractivity contribution >= 4 is 5.97 Å². The van der Waals surface area contributed by atoms with E-state index in [0.717, 1.165) is 22.4 Å². The first kappa shape index (κ1) is 14.3. The fraction of sp³-hybridized carbons (Fsp3) is 0.375. The summed E-state index contributed by atoms with van der Waals surface area (Å²) in [5.41, 5.74) is 3.93. The lowest BCUT2D eigenvalue weighted by atomic mass is 9.86. The van der Waals surface area contributed by atoms with Gasteiger partial charge in [-0.2, -0.15) is 5.10 Å². The van der Waals surface area contributed by atoms with Gasteiger partial charge in [0.15, 0.2) is 0 Å². The van der Waals surface area contributed by atoms with Crippen LogP contribution >= 0.6 is 0 Å². The van der Waals surface area contributed by atoms with Crippen molar-refractivity contribution < 1.29 is 9.90 Å². The molecule has 4 heteroatoms. The van der Waals surface area contributed by atoms with E-state index in [1.54, 1.807) is 16.8 Å². The van der Waals surface area contributed by atoms with Crippen LogP contribution in [0.5, 0.6) is 0 Å². The Morgan fingerprint density at radius 3 is 2.45 bits per heavy atom. The van der Waals surface area contributed by atoms with Gasteiger partial charge < -0.3 is 5.11 Å². The number of hydrogen-bond acceptors (Lipinski definition) is 2. The van der Waals surface area contributed by atoms with Crippen LogP contribution in [-0.4, -0.2) is 20.9 Å². The molecule has 0 fully saturated rings. The van der Waals surface area contributed by atoms with Gasteiger partial charge in [-0.1, -0.05) is 32.9 Å². The van der Waals surface area contributed by atoms with Crippen molar-refractivity contribution in [2.45, 2.75) is 33.1 Å². The number of rotatable bonds is 2. The highest BCUT2D eigenvalue weighted by molar-refractivity contribution is 5.92. The minimum absolute atomic E-state index is 0.0950. The molecule has 0 radical (unpaired) electrons. The molecule has 1 heterocycles. The molecule has 0 saturated heterocycles. The molecule has 2 aromatic rings. The molecule has 1 aromatic heterocycles. The van der Waals surface area contributed by atoms with Crippen LogP contribution in [-0.2, 0) is 12.5 Å². The highest BCUT2D eigenvalue weighted by Crippen LogP contribution is 2.34. The zero-order valence-electron chi connectivity index (χ0n) is 12.6. The van der Waals surface area contributed by atoms with Crippen LogP contribution < -0.4 is 0 Å². The number of aryl methyl sites for hydroxylation is 1. The molecule has 1 N–H and O–H groups in total. The number of carboxylic acid groups (broad SMARTS) is 1. The Bertz CT molecular complexity index is 664. The van der Waals surface area contributed by atoms with Crippen LogP contribution in [0.2, 0.25) is 0 Å². The molecule has 1 aromatic carbocycles. The normalized spacial score (nSPS) is 11.7. The van der Waals surface area contributed by atoms with E-state index in [4.69, 9.17) is 0 Å². The zero-order chi connectivity index (χ0) is 15.1. The minimum atomic E-state index is -0.898. The summed E-state index contributed by atoms with van der Waals surface area (Å²) in [4.78, 5) is 11.3. The summed E-state index contributed by atoms with van der Waals surface area (Å²) in [6.45, 7) is 8.16. The first-order valence-corrected chi connectivity index (χ1v) is 6.59. The standard InChI is InChI=1S/C16H20N2O2/c1-10-11(7-6-8-12(10)15(19)20)13-9-18(5)17-14(13)16(2,3)4/h6-9H,1-5H3,(H,19,20). The molecule has 0 unspecified atom stereocenters. The average Bonchev–Trinajstić information content (AvgIpc) is 2.71. The summed E-state index contributed by atoms with van der Waals surface area (Å²) in [5, 5.41) is 13.8. The molecule has 0 atom stereocenters. The number of nitrogens with zero attached hydrogens (tertiary/aromatic N) is 2. The summed E-state index contributed by atoms with van der Waals surface area (Å²) < 4.78 is 1.78. The quantitative estimate of drug-likeness (QED) is 0.911. The maximum Gasteiger partial charge on any atom is 0.335 e. The van der Waals surface area contributed by atoms with Gasteiger partial charge in [0.05, 0.1) is 11.3 Å². The Labute approximate surface area is 119 Å². The molecule has 0 spiro atoms. The second kappa shape index (κ2) is 4.78. The van der Waals surface area contributed by atoms with Gasteiger partial charge in [-0.3, -0.25) is 4.68 Å². The molecule has 4 nitrogen and oxygen atoms in total. The van der Waals surface area contributed by atoms with Gasteiger partial charge >= 0.3 is 5.97 Å². The van der Waals surface area contributed by atoms with Crippen LogP contribution in [0.15, 0.2) is 24.4 Å². The molecule has 0 aliphatic rings. The van der Waals surface area contributed by atoms with E-state index in [2.05, 4.69) is 25.9 Å². The predicted molar refractivity (Wildman–Crippen MR) is 79.0 cm³/mol.